The van der Waals surface area contributed by atoms with Crippen molar-refractivity contribution in [1.29, 1.82) is 0 Å². The highest BCUT2D eigenvalue weighted by molar-refractivity contribution is 5.97. The lowest BCUT2D eigenvalue weighted by atomic mass is 10.0. The smallest absolute Gasteiger partial charge is 0.262 e. The molecule has 7 nitrogen and oxygen atoms in total. The van der Waals surface area contributed by atoms with Crippen molar-refractivity contribution in [3.05, 3.63) is 95.1 Å². The van der Waals surface area contributed by atoms with E-state index >= 15 is 0 Å². The Balaban J connectivity index is 1.63. The van der Waals surface area contributed by atoms with Crippen LogP contribution in [-0.4, -0.2) is 30.7 Å². The molecule has 36 heavy (non-hydrogen) atoms. The summed E-state index contributed by atoms with van der Waals surface area (Å²) in [5.41, 5.74) is 6.01. The summed E-state index contributed by atoms with van der Waals surface area (Å²) >= 11 is 0. The van der Waals surface area contributed by atoms with Gasteiger partial charge >= 0.3 is 0 Å². The number of ether oxygens (including phenoxy) is 2. The first-order chi connectivity index (χ1) is 17.4. The molecule has 2 N–H and O–H groups in total. The van der Waals surface area contributed by atoms with Crippen molar-refractivity contribution in [1.82, 2.24) is 10.7 Å². The van der Waals surface area contributed by atoms with Gasteiger partial charge in [0.05, 0.1) is 12.8 Å². The van der Waals surface area contributed by atoms with Gasteiger partial charge in [0.25, 0.3) is 11.8 Å². The third-order valence-corrected chi connectivity index (χ3v) is 5.40. The maximum absolute atomic E-state index is 12.7. The highest BCUT2D eigenvalue weighted by Gasteiger charge is 2.24. The van der Waals surface area contributed by atoms with Gasteiger partial charge in [-0.1, -0.05) is 61.9 Å². The zero-order valence-electron chi connectivity index (χ0n) is 21.2. The second-order valence-corrected chi connectivity index (χ2v) is 8.71. The largest absolute Gasteiger partial charge is 0.490 e. The molecule has 188 valence electrons. The van der Waals surface area contributed by atoms with Crippen molar-refractivity contribution in [3.8, 4) is 11.5 Å². The van der Waals surface area contributed by atoms with Crippen molar-refractivity contribution in [2.45, 2.75) is 40.3 Å². The van der Waals surface area contributed by atoms with Crippen LogP contribution in [0.5, 0.6) is 11.5 Å². The van der Waals surface area contributed by atoms with Crippen LogP contribution in [0.2, 0.25) is 0 Å². The molecular weight excluding hydrogens is 454 g/mol. The maximum Gasteiger partial charge on any atom is 0.262 e. The summed E-state index contributed by atoms with van der Waals surface area (Å²) in [4.78, 5) is 25.2. The van der Waals surface area contributed by atoms with E-state index in [1.54, 1.807) is 24.3 Å². The SMILES string of the molecule is CCOc1cc(C=NNC(=O)C(NC(=O)c2ccccc2)C(C)C)ccc1OCc1cccc(C)c1. The summed E-state index contributed by atoms with van der Waals surface area (Å²) in [6, 6.07) is 21.7. The van der Waals surface area contributed by atoms with E-state index in [2.05, 4.69) is 21.9 Å². The molecular formula is C29H33N3O4. The highest BCUT2D eigenvalue weighted by atomic mass is 16.5. The lowest BCUT2D eigenvalue weighted by Gasteiger charge is -2.20. The number of rotatable bonds is 11. The van der Waals surface area contributed by atoms with Gasteiger partial charge in [0.1, 0.15) is 12.6 Å². The summed E-state index contributed by atoms with van der Waals surface area (Å²) in [6.45, 7) is 8.59. The summed E-state index contributed by atoms with van der Waals surface area (Å²) in [6.07, 6.45) is 1.53. The van der Waals surface area contributed by atoms with Crippen molar-refractivity contribution in [2.75, 3.05) is 6.61 Å². The van der Waals surface area contributed by atoms with E-state index in [0.29, 0.717) is 30.3 Å². The summed E-state index contributed by atoms with van der Waals surface area (Å²) < 4.78 is 11.7. The van der Waals surface area contributed by atoms with Gasteiger partial charge in [0, 0.05) is 5.56 Å². The summed E-state index contributed by atoms with van der Waals surface area (Å²) in [5, 5.41) is 6.87. The molecule has 3 aromatic rings. The van der Waals surface area contributed by atoms with Gasteiger partial charge in [-0.3, -0.25) is 9.59 Å². The number of amides is 2. The molecule has 0 aliphatic rings. The molecule has 0 aromatic heterocycles. The van der Waals surface area contributed by atoms with Crippen LogP contribution >= 0.6 is 0 Å². The van der Waals surface area contributed by atoms with Crippen molar-refractivity contribution in [2.24, 2.45) is 11.0 Å². The molecule has 0 aliphatic carbocycles. The second kappa shape index (κ2) is 13.1. The van der Waals surface area contributed by atoms with E-state index in [0.717, 1.165) is 11.1 Å². The molecule has 0 fully saturated rings. The number of benzene rings is 3. The number of hydrazone groups is 1. The molecule has 0 radical (unpaired) electrons. The Labute approximate surface area is 212 Å². The molecule has 0 saturated carbocycles. The first-order valence-electron chi connectivity index (χ1n) is 12.0. The van der Waals surface area contributed by atoms with Gasteiger partial charge in [-0.2, -0.15) is 5.10 Å². The first kappa shape index (κ1) is 26.5. The van der Waals surface area contributed by atoms with Crippen LogP contribution in [0.3, 0.4) is 0 Å². The molecule has 0 spiro atoms. The lowest BCUT2D eigenvalue weighted by molar-refractivity contribution is -0.123. The van der Waals surface area contributed by atoms with E-state index in [4.69, 9.17) is 9.47 Å². The minimum absolute atomic E-state index is 0.123. The maximum atomic E-state index is 12.7. The number of carbonyl (C=O) groups is 2. The topological polar surface area (TPSA) is 89.0 Å². The fraction of sp³-hybridized carbons (Fsp3) is 0.276. The van der Waals surface area contributed by atoms with E-state index in [9.17, 15) is 9.59 Å². The fourth-order valence-corrected chi connectivity index (χ4v) is 3.54. The molecule has 1 atom stereocenters. The molecule has 1 unspecified atom stereocenters. The average Bonchev–Trinajstić information content (AvgIpc) is 2.87. The lowest BCUT2D eigenvalue weighted by Crippen LogP contribution is -2.48. The van der Waals surface area contributed by atoms with Crippen molar-refractivity contribution < 1.29 is 19.1 Å². The van der Waals surface area contributed by atoms with Gasteiger partial charge in [-0.15, -0.1) is 0 Å². The molecule has 0 heterocycles. The number of nitrogens with one attached hydrogen (secondary N) is 2. The third-order valence-electron chi connectivity index (χ3n) is 5.40. The molecule has 0 aliphatic heterocycles. The van der Waals surface area contributed by atoms with Crippen LogP contribution in [0.1, 0.15) is 47.8 Å². The van der Waals surface area contributed by atoms with Crippen molar-refractivity contribution in [3.63, 3.8) is 0 Å². The molecule has 0 saturated heterocycles. The number of carbonyl (C=O) groups excluding carboxylic acids is 2. The minimum Gasteiger partial charge on any atom is -0.490 e. The van der Waals surface area contributed by atoms with Gasteiger partial charge in [-0.25, -0.2) is 5.43 Å². The van der Waals surface area contributed by atoms with Crippen LogP contribution in [0.15, 0.2) is 77.9 Å². The Hall–Kier alpha value is -4.13. The Morgan fingerprint density at radius 2 is 1.72 bits per heavy atom. The first-order valence-corrected chi connectivity index (χ1v) is 12.0. The van der Waals surface area contributed by atoms with Gasteiger partial charge in [0.2, 0.25) is 0 Å². The normalized spacial score (nSPS) is 11.8. The Morgan fingerprint density at radius 1 is 0.944 bits per heavy atom. The van der Waals surface area contributed by atoms with Crippen molar-refractivity contribution >= 4 is 18.0 Å². The van der Waals surface area contributed by atoms with Gasteiger partial charge in [-0.05, 0) is 61.2 Å². The number of hydrogen-bond acceptors (Lipinski definition) is 5. The van der Waals surface area contributed by atoms with E-state index in [-0.39, 0.29) is 11.8 Å². The number of hydrogen-bond donors (Lipinski definition) is 2. The fourth-order valence-electron chi connectivity index (χ4n) is 3.54. The quantitative estimate of drug-likeness (QED) is 0.298. The highest BCUT2D eigenvalue weighted by Crippen LogP contribution is 2.29. The zero-order valence-corrected chi connectivity index (χ0v) is 21.2. The molecule has 0 bridgehead atoms. The van der Waals surface area contributed by atoms with Crippen LogP contribution in [0.25, 0.3) is 0 Å². The van der Waals surface area contributed by atoms with Crippen LogP contribution < -0.4 is 20.2 Å². The average molecular weight is 488 g/mol. The summed E-state index contributed by atoms with van der Waals surface area (Å²) in [7, 11) is 0. The van der Waals surface area contributed by atoms with Crippen LogP contribution in [-0.2, 0) is 11.4 Å². The van der Waals surface area contributed by atoms with E-state index in [1.165, 1.54) is 11.8 Å². The zero-order chi connectivity index (χ0) is 25.9. The van der Waals surface area contributed by atoms with E-state index < -0.39 is 11.9 Å². The number of aryl methyl sites for hydroxylation is 1. The molecule has 7 heteroatoms. The van der Waals surface area contributed by atoms with Crippen LogP contribution in [0.4, 0.5) is 0 Å². The minimum atomic E-state index is -0.730. The standard InChI is InChI=1S/C29H33N3O4/c1-5-35-26-17-22(14-15-25(26)36-19-23-11-9-10-21(4)16-23)18-30-32-29(34)27(20(2)3)31-28(33)24-12-7-6-8-13-24/h6-18,20,27H,5,19H2,1-4H3,(H,31,33)(H,32,34). The Kier molecular flexibility index (Phi) is 9.63. The van der Waals surface area contributed by atoms with Gasteiger partial charge < -0.3 is 14.8 Å². The predicted octanol–water partition coefficient (Wildman–Crippen LogP) is 4.88. The Morgan fingerprint density at radius 3 is 2.42 bits per heavy atom. The third kappa shape index (κ3) is 7.70. The second-order valence-electron chi connectivity index (χ2n) is 8.71. The van der Waals surface area contributed by atoms with E-state index in [1.807, 2.05) is 70.2 Å². The Bertz CT molecular complexity index is 1190. The molecule has 2 amide bonds. The monoisotopic (exact) mass is 487 g/mol. The number of nitrogens with zero attached hydrogens (tertiary/aromatic N) is 1. The molecule has 3 aromatic carbocycles. The molecule has 3 rings (SSSR count). The van der Waals surface area contributed by atoms with Gasteiger partial charge in [0.15, 0.2) is 11.5 Å². The predicted molar refractivity (Wildman–Crippen MR) is 141 cm³/mol. The van der Waals surface area contributed by atoms with Crippen LogP contribution in [0, 0.1) is 12.8 Å². The summed E-state index contributed by atoms with van der Waals surface area (Å²) in [5.74, 6) is 0.394.